The van der Waals surface area contributed by atoms with Crippen LogP contribution in [-0.2, 0) is 37.3 Å². The van der Waals surface area contributed by atoms with Gasteiger partial charge in [-0.15, -0.1) is 0 Å². The average molecular weight is 429 g/mol. The van der Waals surface area contributed by atoms with Gasteiger partial charge in [-0.25, -0.2) is 4.98 Å². The second kappa shape index (κ2) is 9.73. The minimum Gasteiger partial charge on any atom is -0.446 e. The van der Waals surface area contributed by atoms with Gasteiger partial charge in [0, 0.05) is 49.8 Å². The number of halogens is 1. The summed E-state index contributed by atoms with van der Waals surface area (Å²) in [5.41, 5.74) is 8.62. The standard InChI is InChI=1S/C22H25ClN4O3/c1-14-5-7-27(8-6-19-13-25-15(2)30-19)22(29)20(14)10-21(28)26-12-17-9-18(23)4-3-16(17)11-24/h3-5,7,9,13H,6,8,10-12,24H2,1-2H3,(H,26,28). The highest BCUT2D eigenvalue weighted by Gasteiger charge is 2.13. The zero-order valence-corrected chi connectivity index (χ0v) is 17.8. The molecule has 0 bridgehead atoms. The number of aromatic nitrogens is 2. The van der Waals surface area contributed by atoms with E-state index < -0.39 is 0 Å². The van der Waals surface area contributed by atoms with E-state index in [0.29, 0.717) is 42.5 Å². The Balaban J connectivity index is 1.67. The molecule has 1 amide bonds. The molecule has 3 rings (SSSR count). The topological polar surface area (TPSA) is 103 Å². The number of hydrogen-bond donors (Lipinski definition) is 2. The lowest BCUT2D eigenvalue weighted by Crippen LogP contribution is -2.31. The number of oxazole rings is 1. The van der Waals surface area contributed by atoms with Crippen molar-refractivity contribution in [1.29, 1.82) is 0 Å². The molecular weight excluding hydrogens is 404 g/mol. The molecule has 0 aliphatic heterocycles. The molecule has 0 aliphatic rings. The maximum absolute atomic E-state index is 12.9. The second-order valence-electron chi connectivity index (χ2n) is 7.14. The van der Waals surface area contributed by atoms with Gasteiger partial charge in [0.1, 0.15) is 5.76 Å². The molecule has 7 nitrogen and oxygen atoms in total. The molecule has 0 spiro atoms. The number of carbonyl (C=O) groups is 1. The summed E-state index contributed by atoms with van der Waals surface area (Å²) in [6.07, 6.45) is 3.95. The Kier molecular flexibility index (Phi) is 7.07. The maximum Gasteiger partial charge on any atom is 0.254 e. The number of nitrogens with zero attached hydrogens (tertiary/aromatic N) is 2. The minimum atomic E-state index is -0.234. The number of aryl methyl sites for hydroxylation is 4. The van der Waals surface area contributed by atoms with Crippen molar-refractivity contribution >= 4 is 17.5 Å². The zero-order chi connectivity index (χ0) is 21.7. The molecule has 1 aromatic carbocycles. The van der Waals surface area contributed by atoms with Crippen LogP contribution in [0.2, 0.25) is 5.02 Å². The van der Waals surface area contributed by atoms with E-state index in [4.69, 9.17) is 21.8 Å². The van der Waals surface area contributed by atoms with E-state index in [1.54, 1.807) is 36.0 Å². The monoisotopic (exact) mass is 428 g/mol. The molecule has 3 aromatic rings. The number of pyridine rings is 1. The molecule has 0 aliphatic carbocycles. The van der Waals surface area contributed by atoms with Crippen molar-refractivity contribution in [1.82, 2.24) is 14.9 Å². The summed E-state index contributed by atoms with van der Waals surface area (Å²) in [5.74, 6) is 1.08. The molecular formula is C22H25ClN4O3. The van der Waals surface area contributed by atoms with Crippen molar-refractivity contribution in [3.8, 4) is 0 Å². The molecule has 2 heterocycles. The third kappa shape index (κ3) is 5.37. The Morgan fingerprint density at radius 3 is 2.77 bits per heavy atom. The van der Waals surface area contributed by atoms with Gasteiger partial charge >= 0.3 is 0 Å². The quantitative estimate of drug-likeness (QED) is 0.574. The highest BCUT2D eigenvalue weighted by Crippen LogP contribution is 2.16. The van der Waals surface area contributed by atoms with Gasteiger partial charge in [-0.3, -0.25) is 9.59 Å². The molecule has 8 heteroatoms. The highest BCUT2D eigenvalue weighted by molar-refractivity contribution is 6.30. The van der Waals surface area contributed by atoms with Gasteiger partial charge in [-0.1, -0.05) is 17.7 Å². The summed E-state index contributed by atoms with van der Waals surface area (Å²) < 4.78 is 7.05. The highest BCUT2D eigenvalue weighted by atomic mass is 35.5. The molecule has 0 atom stereocenters. The van der Waals surface area contributed by atoms with Crippen molar-refractivity contribution < 1.29 is 9.21 Å². The molecule has 158 valence electrons. The number of nitrogens with one attached hydrogen (secondary N) is 1. The fourth-order valence-electron chi connectivity index (χ4n) is 3.23. The van der Waals surface area contributed by atoms with Crippen LogP contribution in [-0.4, -0.2) is 15.5 Å². The second-order valence-corrected chi connectivity index (χ2v) is 7.58. The molecule has 2 aromatic heterocycles. The normalized spacial score (nSPS) is 10.9. The number of benzene rings is 1. The van der Waals surface area contributed by atoms with E-state index >= 15 is 0 Å². The Morgan fingerprint density at radius 2 is 2.07 bits per heavy atom. The summed E-state index contributed by atoms with van der Waals surface area (Å²) in [6, 6.07) is 7.25. The predicted octanol–water partition coefficient (Wildman–Crippen LogP) is 2.67. The number of carbonyl (C=O) groups excluding carboxylic acids is 1. The Bertz CT molecular complexity index is 1100. The van der Waals surface area contributed by atoms with Crippen LogP contribution < -0.4 is 16.6 Å². The summed E-state index contributed by atoms with van der Waals surface area (Å²) in [4.78, 5) is 29.5. The van der Waals surface area contributed by atoms with E-state index in [1.807, 2.05) is 19.1 Å². The van der Waals surface area contributed by atoms with Gasteiger partial charge in [0.15, 0.2) is 5.89 Å². The lowest BCUT2D eigenvalue weighted by molar-refractivity contribution is -0.120. The lowest BCUT2D eigenvalue weighted by Gasteiger charge is -2.12. The van der Waals surface area contributed by atoms with Crippen LogP contribution in [0, 0.1) is 13.8 Å². The van der Waals surface area contributed by atoms with Crippen molar-refractivity contribution in [3.63, 3.8) is 0 Å². The van der Waals surface area contributed by atoms with Crippen molar-refractivity contribution in [2.75, 3.05) is 0 Å². The zero-order valence-electron chi connectivity index (χ0n) is 17.1. The fourth-order valence-corrected chi connectivity index (χ4v) is 3.42. The Labute approximate surface area is 179 Å². The van der Waals surface area contributed by atoms with Crippen LogP contribution in [0.25, 0.3) is 0 Å². The predicted molar refractivity (Wildman–Crippen MR) is 115 cm³/mol. The number of amides is 1. The van der Waals surface area contributed by atoms with Gasteiger partial charge in [0.05, 0.1) is 12.6 Å². The van der Waals surface area contributed by atoms with E-state index in [1.165, 1.54) is 0 Å². The first kappa shape index (κ1) is 21.8. The molecule has 3 N–H and O–H groups in total. The van der Waals surface area contributed by atoms with Gasteiger partial charge in [0.25, 0.3) is 5.56 Å². The van der Waals surface area contributed by atoms with Crippen LogP contribution in [0.3, 0.4) is 0 Å². The molecule has 0 saturated carbocycles. The maximum atomic E-state index is 12.9. The van der Waals surface area contributed by atoms with Crippen molar-refractivity contribution in [2.24, 2.45) is 5.73 Å². The van der Waals surface area contributed by atoms with E-state index in [2.05, 4.69) is 10.3 Å². The Hall–Kier alpha value is -2.90. The molecule has 0 radical (unpaired) electrons. The van der Waals surface area contributed by atoms with Gasteiger partial charge in [-0.05, 0) is 41.8 Å². The number of nitrogens with two attached hydrogens (primary N) is 1. The van der Waals surface area contributed by atoms with Gasteiger partial charge < -0.3 is 20.0 Å². The first-order chi connectivity index (χ1) is 14.4. The first-order valence-corrected chi connectivity index (χ1v) is 10.1. The van der Waals surface area contributed by atoms with Crippen LogP contribution >= 0.6 is 11.6 Å². The summed E-state index contributed by atoms with van der Waals surface area (Å²) in [6.45, 7) is 4.72. The molecule has 0 fully saturated rings. The minimum absolute atomic E-state index is 0.00540. The van der Waals surface area contributed by atoms with E-state index in [0.717, 1.165) is 22.5 Å². The average Bonchev–Trinajstić information content (AvgIpc) is 3.14. The van der Waals surface area contributed by atoms with Gasteiger partial charge in [-0.2, -0.15) is 0 Å². The molecule has 0 unspecified atom stereocenters. The summed E-state index contributed by atoms with van der Waals surface area (Å²) in [7, 11) is 0. The SMILES string of the molecule is Cc1ncc(CCn2ccc(C)c(CC(=O)NCc3cc(Cl)ccc3CN)c2=O)o1. The summed E-state index contributed by atoms with van der Waals surface area (Å²) >= 11 is 6.04. The Morgan fingerprint density at radius 1 is 1.27 bits per heavy atom. The number of rotatable bonds is 8. The van der Waals surface area contributed by atoms with Crippen LogP contribution in [0.15, 0.2) is 45.9 Å². The third-order valence-electron chi connectivity index (χ3n) is 4.97. The third-order valence-corrected chi connectivity index (χ3v) is 5.20. The molecule has 0 saturated heterocycles. The lowest BCUT2D eigenvalue weighted by atomic mass is 10.1. The van der Waals surface area contributed by atoms with E-state index in [-0.39, 0.29) is 17.9 Å². The smallest absolute Gasteiger partial charge is 0.254 e. The fraction of sp³-hybridized carbons (Fsp3) is 0.318. The van der Waals surface area contributed by atoms with Crippen LogP contribution in [0.4, 0.5) is 0 Å². The molecule has 30 heavy (non-hydrogen) atoms. The summed E-state index contributed by atoms with van der Waals surface area (Å²) in [5, 5.41) is 3.44. The van der Waals surface area contributed by atoms with Gasteiger partial charge in [0.2, 0.25) is 5.91 Å². The number of hydrogen-bond acceptors (Lipinski definition) is 5. The van der Waals surface area contributed by atoms with Crippen LogP contribution in [0.5, 0.6) is 0 Å². The van der Waals surface area contributed by atoms with Crippen LogP contribution in [0.1, 0.15) is 33.9 Å². The van der Waals surface area contributed by atoms with E-state index in [9.17, 15) is 9.59 Å². The van der Waals surface area contributed by atoms with Crippen molar-refractivity contribution in [2.45, 2.75) is 46.3 Å². The van der Waals surface area contributed by atoms with Crippen molar-refractivity contribution in [3.05, 3.63) is 85.9 Å². The first-order valence-electron chi connectivity index (χ1n) is 9.71. The largest absolute Gasteiger partial charge is 0.446 e.